The van der Waals surface area contributed by atoms with Crippen molar-refractivity contribution in [3.05, 3.63) is 63.6 Å². The predicted molar refractivity (Wildman–Crippen MR) is 88.7 cm³/mol. The Balaban J connectivity index is 1.98. The molecule has 0 saturated heterocycles. The van der Waals surface area contributed by atoms with Crippen molar-refractivity contribution in [1.29, 1.82) is 0 Å². The largest absolute Gasteiger partial charge is 0.494 e. The Bertz CT molecular complexity index is 711. The lowest BCUT2D eigenvalue weighted by Gasteiger charge is -2.07. The topological polar surface area (TPSA) is 52.6 Å². The van der Waals surface area contributed by atoms with Gasteiger partial charge >= 0.3 is 5.97 Å². The summed E-state index contributed by atoms with van der Waals surface area (Å²) in [6.45, 7) is 2.04. The van der Waals surface area contributed by atoms with Gasteiger partial charge in [-0.05, 0) is 49.4 Å². The summed E-state index contributed by atoms with van der Waals surface area (Å²) < 4.78 is 10.3. The van der Waals surface area contributed by atoms with Gasteiger partial charge in [0.15, 0.2) is 12.4 Å². The number of rotatable bonds is 6. The van der Waals surface area contributed by atoms with Crippen LogP contribution in [0.1, 0.15) is 27.6 Å². The summed E-state index contributed by atoms with van der Waals surface area (Å²) in [5.41, 5.74) is 0.553. The Morgan fingerprint density at radius 1 is 1.04 bits per heavy atom. The molecule has 0 bridgehead atoms. The van der Waals surface area contributed by atoms with Crippen LogP contribution >= 0.6 is 23.2 Å². The second-order valence-electron chi connectivity index (χ2n) is 4.58. The molecule has 0 unspecified atom stereocenters. The van der Waals surface area contributed by atoms with Crippen LogP contribution in [0.2, 0.25) is 10.0 Å². The molecule has 0 heterocycles. The first-order valence-corrected chi connectivity index (χ1v) is 7.65. The number of hydrogen-bond acceptors (Lipinski definition) is 4. The molecule has 0 N–H and O–H groups in total. The Morgan fingerprint density at radius 3 is 2.39 bits per heavy atom. The van der Waals surface area contributed by atoms with Crippen molar-refractivity contribution in [2.24, 2.45) is 0 Å². The molecular formula is C17H14Cl2O4. The van der Waals surface area contributed by atoms with Crippen LogP contribution in [0, 0.1) is 0 Å². The smallest absolute Gasteiger partial charge is 0.340 e. The Morgan fingerprint density at radius 2 is 1.74 bits per heavy atom. The average molecular weight is 353 g/mol. The fraction of sp³-hybridized carbons (Fsp3) is 0.176. The molecule has 6 heteroatoms. The van der Waals surface area contributed by atoms with Crippen LogP contribution in [0.3, 0.4) is 0 Å². The summed E-state index contributed by atoms with van der Waals surface area (Å²) in [4.78, 5) is 24.0. The minimum Gasteiger partial charge on any atom is -0.494 e. The molecule has 0 fully saturated rings. The highest BCUT2D eigenvalue weighted by Crippen LogP contribution is 2.21. The maximum absolute atomic E-state index is 12.0. The minimum atomic E-state index is -0.697. The van der Waals surface area contributed by atoms with Crippen molar-refractivity contribution >= 4 is 35.0 Å². The molecule has 120 valence electrons. The number of benzene rings is 2. The van der Waals surface area contributed by atoms with Crippen molar-refractivity contribution in [1.82, 2.24) is 0 Å². The molecule has 2 aromatic carbocycles. The minimum absolute atomic E-state index is 0.124. The van der Waals surface area contributed by atoms with Crippen LogP contribution in [0.15, 0.2) is 42.5 Å². The third-order valence-electron chi connectivity index (χ3n) is 2.97. The van der Waals surface area contributed by atoms with Gasteiger partial charge in [0, 0.05) is 10.6 Å². The van der Waals surface area contributed by atoms with Crippen LogP contribution in [0.5, 0.6) is 5.75 Å². The molecular weight excluding hydrogens is 339 g/mol. The molecule has 0 aliphatic rings. The zero-order valence-electron chi connectivity index (χ0n) is 12.3. The molecule has 0 aliphatic carbocycles. The van der Waals surface area contributed by atoms with E-state index in [2.05, 4.69) is 0 Å². The van der Waals surface area contributed by atoms with Gasteiger partial charge in [-0.1, -0.05) is 23.2 Å². The highest BCUT2D eigenvalue weighted by Gasteiger charge is 2.15. The summed E-state index contributed by atoms with van der Waals surface area (Å²) in [6.07, 6.45) is 0. The lowest BCUT2D eigenvalue weighted by Crippen LogP contribution is -2.14. The van der Waals surface area contributed by atoms with E-state index < -0.39 is 5.97 Å². The van der Waals surface area contributed by atoms with Gasteiger partial charge in [-0.25, -0.2) is 4.79 Å². The van der Waals surface area contributed by atoms with Crippen LogP contribution in [-0.4, -0.2) is 25.0 Å². The van der Waals surface area contributed by atoms with Gasteiger partial charge in [0.1, 0.15) is 5.75 Å². The highest BCUT2D eigenvalue weighted by molar-refractivity contribution is 6.35. The quantitative estimate of drug-likeness (QED) is 0.569. The lowest BCUT2D eigenvalue weighted by molar-refractivity contribution is 0.0475. The summed E-state index contributed by atoms with van der Waals surface area (Å²) in [7, 11) is 0. The van der Waals surface area contributed by atoms with Crippen LogP contribution in [-0.2, 0) is 4.74 Å². The number of carbonyl (C=O) groups is 2. The first-order valence-electron chi connectivity index (χ1n) is 6.89. The number of carbonyl (C=O) groups excluding carboxylic acids is 2. The maximum Gasteiger partial charge on any atom is 0.340 e. The van der Waals surface area contributed by atoms with Crippen molar-refractivity contribution in [3.63, 3.8) is 0 Å². The Hall–Kier alpha value is -2.04. The zero-order chi connectivity index (χ0) is 16.8. The normalized spacial score (nSPS) is 10.2. The number of ether oxygens (including phenoxy) is 2. The van der Waals surface area contributed by atoms with Gasteiger partial charge in [0.25, 0.3) is 0 Å². The van der Waals surface area contributed by atoms with Crippen molar-refractivity contribution in [2.45, 2.75) is 6.92 Å². The van der Waals surface area contributed by atoms with E-state index in [9.17, 15) is 9.59 Å². The van der Waals surface area contributed by atoms with Gasteiger partial charge in [-0.15, -0.1) is 0 Å². The van der Waals surface area contributed by atoms with Crippen LogP contribution in [0.25, 0.3) is 0 Å². The number of halogens is 2. The molecule has 0 aliphatic heterocycles. The van der Waals surface area contributed by atoms with E-state index in [4.69, 9.17) is 32.7 Å². The Kier molecular flexibility index (Phi) is 6.02. The Labute approximate surface area is 143 Å². The van der Waals surface area contributed by atoms with Crippen molar-refractivity contribution in [3.8, 4) is 5.75 Å². The van der Waals surface area contributed by atoms with E-state index >= 15 is 0 Å². The molecule has 0 aromatic heterocycles. The number of esters is 1. The van der Waals surface area contributed by atoms with Gasteiger partial charge in [0.05, 0.1) is 17.2 Å². The monoisotopic (exact) mass is 352 g/mol. The molecule has 0 spiro atoms. The zero-order valence-corrected chi connectivity index (χ0v) is 13.9. The van der Waals surface area contributed by atoms with E-state index in [0.717, 1.165) is 0 Å². The van der Waals surface area contributed by atoms with E-state index in [-0.39, 0.29) is 23.0 Å². The van der Waals surface area contributed by atoms with Gasteiger partial charge in [-0.3, -0.25) is 4.79 Å². The molecule has 0 atom stereocenters. The lowest BCUT2D eigenvalue weighted by atomic mass is 10.1. The standard InChI is InChI=1S/C17H14Cl2O4/c1-2-22-13-6-3-11(4-7-13)16(20)10-23-17(21)14-9-12(18)5-8-15(14)19/h3-9H,2,10H2,1H3. The van der Waals surface area contributed by atoms with Crippen LogP contribution < -0.4 is 4.74 Å². The van der Waals surface area contributed by atoms with Gasteiger partial charge < -0.3 is 9.47 Å². The fourth-order valence-corrected chi connectivity index (χ4v) is 2.22. The SMILES string of the molecule is CCOc1ccc(C(=O)COC(=O)c2cc(Cl)ccc2Cl)cc1. The molecule has 2 aromatic rings. The van der Waals surface area contributed by atoms with Crippen molar-refractivity contribution < 1.29 is 19.1 Å². The second-order valence-corrected chi connectivity index (χ2v) is 5.42. The number of ketones is 1. The van der Waals surface area contributed by atoms with Gasteiger partial charge in [0.2, 0.25) is 0 Å². The summed E-state index contributed by atoms with van der Waals surface area (Å²) in [6, 6.07) is 11.1. The van der Waals surface area contributed by atoms with E-state index in [1.165, 1.54) is 12.1 Å². The average Bonchev–Trinajstić information content (AvgIpc) is 2.55. The van der Waals surface area contributed by atoms with E-state index in [1.54, 1.807) is 30.3 Å². The first-order chi connectivity index (χ1) is 11.0. The van der Waals surface area contributed by atoms with E-state index in [0.29, 0.717) is 22.9 Å². The predicted octanol–water partition coefficient (Wildman–Crippen LogP) is 4.43. The maximum atomic E-state index is 12.0. The van der Waals surface area contributed by atoms with E-state index in [1.807, 2.05) is 6.92 Å². The third-order valence-corrected chi connectivity index (χ3v) is 3.53. The molecule has 4 nitrogen and oxygen atoms in total. The van der Waals surface area contributed by atoms with Crippen molar-refractivity contribution in [2.75, 3.05) is 13.2 Å². The summed E-state index contributed by atoms with van der Waals surface area (Å²) in [5, 5.41) is 0.576. The number of hydrogen-bond donors (Lipinski definition) is 0. The fourth-order valence-electron chi connectivity index (χ4n) is 1.85. The molecule has 0 amide bonds. The second kappa shape index (κ2) is 7.99. The molecule has 0 radical (unpaired) electrons. The number of Topliss-reactive ketones (excluding diaryl/α,β-unsaturated/α-hetero) is 1. The third kappa shape index (κ3) is 4.71. The summed E-state index contributed by atoms with van der Waals surface area (Å²) >= 11 is 11.7. The molecule has 0 saturated carbocycles. The first kappa shape index (κ1) is 17.3. The molecule has 2 rings (SSSR count). The molecule has 23 heavy (non-hydrogen) atoms. The highest BCUT2D eigenvalue weighted by atomic mass is 35.5. The van der Waals surface area contributed by atoms with Gasteiger partial charge in [-0.2, -0.15) is 0 Å². The van der Waals surface area contributed by atoms with Crippen LogP contribution in [0.4, 0.5) is 0 Å². The summed E-state index contributed by atoms with van der Waals surface area (Å²) in [5.74, 6) is -0.344.